The zero-order chi connectivity index (χ0) is 18.2. The van der Waals surface area contributed by atoms with Crippen LogP contribution in [0.3, 0.4) is 0 Å². The van der Waals surface area contributed by atoms with Crippen LogP contribution in [-0.2, 0) is 11.7 Å². The van der Waals surface area contributed by atoms with Crippen molar-refractivity contribution in [2.75, 3.05) is 0 Å². The summed E-state index contributed by atoms with van der Waals surface area (Å²) in [5.41, 5.74) is -0.366. The second kappa shape index (κ2) is 6.33. The van der Waals surface area contributed by atoms with Crippen LogP contribution < -0.4 is 5.32 Å². The molecule has 1 N–H and O–H groups in total. The van der Waals surface area contributed by atoms with E-state index in [1.807, 2.05) is 12.1 Å². The molecular formula is C18H16ClF3N2O. The number of benzene rings is 1. The van der Waals surface area contributed by atoms with E-state index in [-0.39, 0.29) is 11.3 Å². The van der Waals surface area contributed by atoms with Crippen molar-refractivity contribution in [3.05, 3.63) is 63.9 Å². The second-order valence-electron chi connectivity index (χ2n) is 6.22. The topological polar surface area (TPSA) is 42.0 Å². The van der Waals surface area contributed by atoms with E-state index >= 15 is 0 Å². The Morgan fingerprint density at radius 3 is 2.28 bits per heavy atom. The number of rotatable bonds is 3. The van der Waals surface area contributed by atoms with Gasteiger partial charge in [-0.1, -0.05) is 23.7 Å². The van der Waals surface area contributed by atoms with E-state index in [0.29, 0.717) is 5.02 Å². The van der Waals surface area contributed by atoms with Crippen LogP contribution >= 0.6 is 11.6 Å². The number of pyridine rings is 1. The lowest BCUT2D eigenvalue weighted by Crippen LogP contribution is -2.51. The van der Waals surface area contributed by atoms with E-state index in [1.165, 1.54) is 13.0 Å². The molecule has 0 aliphatic heterocycles. The van der Waals surface area contributed by atoms with Crippen molar-refractivity contribution >= 4 is 17.5 Å². The number of alkyl halides is 3. The van der Waals surface area contributed by atoms with Crippen LogP contribution in [0.25, 0.3) is 0 Å². The molecule has 0 saturated heterocycles. The van der Waals surface area contributed by atoms with Gasteiger partial charge in [0.2, 0.25) is 0 Å². The lowest BCUT2D eigenvalue weighted by Gasteiger charge is -2.43. The molecule has 1 aliphatic carbocycles. The van der Waals surface area contributed by atoms with E-state index in [1.54, 1.807) is 12.1 Å². The molecule has 132 valence electrons. The summed E-state index contributed by atoms with van der Waals surface area (Å²) >= 11 is 5.91. The summed E-state index contributed by atoms with van der Waals surface area (Å²) < 4.78 is 38.1. The third-order valence-corrected chi connectivity index (χ3v) is 4.83. The van der Waals surface area contributed by atoms with Gasteiger partial charge in [0.25, 0.3) is 5.91 Å². The van der Waals surface area contributed by atoms with Gasteiger partial charge in [0.15, 0.2) is 0 Å². The minimum Gasteiger partial charge on any atom is -0.342 e. The van der Waals surface area contributed by atoms with E-state index in [2.05, 4.69) is 10.3 Å². The van der Waals surface area contributed by atoms with E-state index < -0.39 is 23.3 Å². The van der Waals surface area contributed by atoms with Crippen molar-refractivity contribution in [2.24, 2.45) is 0 Å². The first-order valence-electron chi connectivity index (χ1n) is 7.85. The maximum absolute atomic E-state index is 12.7. The number of amides is 1. The normalized spacial score (nSPS) is 16.2. The number of halogens is 4. The van der Waals surface area contributed by atoms with Crippen LogP contribution in [0.1, 0.15) is 46.6 Å². The molecule has 0 atom stereocenters. The highest BCUT2D eigenvalue weighted by atomic mass is 35.5. The zero-order valence-corrected chi connectivity index (χ0v) is 14.2. The fourth-order valence-corrected chi connectivity index (χ4v) is 3.15. The number of nitrogens with one attached hydrogen (secondary N) is 1. The summed E-state index contributed by atoms with van der Waals surface area (Å²) in [6.45, 7) is 1.40. The maximum Gasteiger partial charge on any atom is 0.433 e. The van der Waals surface area contributed by atoms with Gasteiger partial charge in [-0.2, -0.15) is 13.2 Å². The largest absolute Gasteiger partial charge is 0.433 e. The molecule has 3 rings (SSSR count). The third kappa shape index (κ3) is 3.49. The van der Waals surface area contributed by atoms with Gasteiger partial charge in [0, 0.05) is 5.02 Å². The van der Waals surface area contributed by atoms with Gasteiger partial charge in [-0.3, -0.25) is 4.79 Å². The summed E-state index contributed by atoms with van der Waals surface area (Å²) in [5.74, 6) is -0.423. The van der Waals surface area contributed by atoms with Crippen LogP contribution in [0, 0.1) is 6.92 Å². The number of aromatic nitrogens is 1. The van der Waals surface area contributed by atoms with Crippen molar-refractivity contribution in [3.8, 4) is 0 Å². The molecule has 0 radical (unpaired) electrons. The SMILES string of the molecule is Cc1nc(C(F)(F)F)ccc1C(=O)NC1(c2ccc(Cl)cc2)CCC1. The Bertz CT molecular complexity index is 799. The standard InChI is InChI=1S/C18H16ClF3N2O/c1-11-14(7-8-15(23-11)18(20,21)22)16(25)24-17(9-2-10-17)12-3-5-13(19)6-4-12/h3-8H,2,9-10H2,1H3,(H,24,25). The van der Waals surface area contributed by atoms with E-state index in [0.717, 1.165) is 30.9 Å². The Kier molecular flexibility index (Phi) is 4.49. The summed E-state index contributed by atoms with van der Waals surface area (Å²) in [7, 11) is 0. The molecule has 3 nitrogen and oxygen atoms in total. The molecule has 1 saturated carbocycles. The summed E-state index contributed by atoms with van der Waals surface area (Å²) in [6, 6.07) is 9.24. The highest BCUT2D eigenvalue weighted by molar-refractivity contribution is 6.30. The first-order chi connectivity index (χ1) is 11.7. The van der Waals surface area contributed by atoms with Gasteiger partial charge in [0.1, 0.15) is 5.69 Å². The Balaban J connectivity index is 1.85. The molecule has 0 bridgehead atoms. The monoisotopic (exact) mass is 368 g/mol. The Hall–Kier alpha value is -2.08. The predicted octanol–water partition coefficient (Wildman–Crippen LogP) is 4.87. The molecule has 1 amide bonds. The van der Waals surface area contributed by atoms with Gasteiger partial charge in [0.05, 0.1) is 16.8 Å². The molecule has 1 aliphatic rings. The molecule has 7 heteroatoms. The lowest BCUT2D eigenvalue weighted by molar-refractivity contribution is -0.141. The van der Waals surface area contributed by atoms with Crippen molar-refractivity contribution in [1.82, 2.24) is 10.3 Å². The Labute approximate surface area is 148 Å². The van der Waals surface area contributed by atoms with Crippen LogP contribution in [0.15, 0.2) is 36.4 Å². The fourth-order valence-electron chi connectivity index (χ4n) is 3.03. The number of hydrogen-bond donors (Lipinski definition) is 1. The lowest BCUT2D eigenvalue weighted by atomic mass is 9.71. The van der Waals surface area contributed by atoms with Crippen molar-refractivity contribution in [2.45, 2.75) is 37.9 Å². The van der Waals surface area contributed by atoms with Crippen molar-refractivity contribution in [3.63, 3.8) is 0 Å². The van der Waals surface area contributed by atoms with Gasteiger partial charge < -0.3 is 5.32 Å². The van der Waals surface area contributed by atoms with E-state index in [4.69, 9.17) is 11.6 Å². The van der Waals surface area contributed by atoms with Crippen LogP contribution in [0.5, 0.6) is 0 Å². The average molecular weight is 369 g/mol. The summed E-state index contributed by atoms with van der Waals surface area (Å²) in [5, 5.41) is 3.58. The number of carbonyl (C=O) groups is 1. The molecule has 1 fully saturated rings. The minimum absolute atomic E-state index is 0.0536. The molecule has 1 heterocycles. The first-order valence-corrected chi connectivity index (χ1v) is 8.22. The minimum atomic E-state index is -4.53. The first kappa shape index (κ1) is 17.7. The Morgan fingerprint density at radius 2 is 1.80 bits per heavy atom. The highest BCUT2D eigenvalue weighted by Gasteiger charge is 2.40. The Morgan fingerprint density at radius 1 is 1.16 bits per heavy atom. The molecule has 25 heavy (non-hydrogen) atoms. The highest BCUT2D eigenvalue weighted by Crippen LogP contribution is 2.42. The molecule has 1 aromatic heterocycles. The molecule has 0 unspecified atom stereocenters. The van der Waals surface area contributed by atoms with Crippen LogP contribution in [0.2, 0.25) is 5.02 Å². The summed E-state index contributed by atoms with van der Waals surface area (Å²) in [4.78, 5) is 16.1. The maximum atomic E-state index is 12.7. The smallest absolute Gasteiger partial charge is 0.342 e. The fraction of sp³-hybridized carbons (Fsp3) is 0.333. The van der Waals surface area contributed by atoms with Gasteiger partial charge in [-0.05, 0) is 56.0 Å². The molecular weight excluding hydrogens is 353 g/mol. The number of hydrogen-bond acceptors (Lipinski definition) is 2. The quantitative estimate of drug-likeness (QED) is 0.839. The molecule has 1 aromatic carbocycles. The predicted molar refractivity (Wildman–Crippen MR) is 88.4 cm³/mol. The molecule has 0 spiro atoms. The number of carbonyl (C=O) groups excluding carboxylic acids is 1. The second-order valence-corrected chi connectivity index (χ2v) is 6.66. The third-order valence-electron chi connectivity index (χ3n) is 4.58. The molecule has 2 aromatic rings. The van der Waals surface area contributed by atoms with Crippen molar-refractivity contribution < 1.29 is 18.0 Å². The number of aryl methyl sites for hydroxylation is 1. The van der Waals surface area contributed by atoms with Gasteiger partial charge in [-0.15, -0.1) is 0 Å². The van der Waals surface area contributed by atoms with Crippen LogP contribution in [-0.4, -0.2) is 10.9 Å². The number of nitrogens with zero attached hydrogens (tertiary/aromatic N) is 1. The van der Waals surface area contributed by atoms with Gasteiger partial charge in [-0.25, -0.2) is 4.98 Å². The van der Waals surface area contributed by atoms with Gasteiger partial charge >= 0.3 is 6.18 Å². The van der Waals surface area contributed by atoms with E-state index in [9.17, 15) is 18.0 Å². The van der Waals surface area contributed by atoms with Crippen LogP contribution in [0.4, 0.5) is 13.2 Å². The average Bonchev–Trinajstić information content (AvgIpc) is 2.50. The summed E-state index contributed by atoms with van der Waals surface area (Å²) in [6.07, 6.45) is -2.02. The zero-order valence-electron chi connectivity index (χ0n) is 13.5. The van der Waals surface area contributed by atoms with Crippen molar-refractivity contribution in [1.29, 1.82) is 0 Å².